The summed E-state index contributed by atoms with van der Waals surface area (Å²) in [5.41, 5.74) is 7.32. The van der Waals surface area contributed by atoms with E-state index in [0.29, 0.717) is 18.3 Å². The SMILES string of the molecule is NCc1ccc(-c2n[nH]c(C3CC3)n2)nc1. The van der Waals surface area contributed by atoms with Gasteiger partial charge in [0.15, 0.2) is 5.82 Å². The fourth-order valence-corrected chi connectivity index (χ4v) is 1.61. The molecule has 0 aliphatic heterocycles. The number of aromatic amines is 1. The summed E-state index contributed by atoms with van der Waals surface area (Å²) in [5, 5.41) is 7.14. The molecule has 2 aromatic heterocycles. The first-order valence-corrected chi connectivity index (χ1v) is 5.44. The van der Waals surface area contributed by atoms with Crippen molar-refractivity contribution in [1.29, 1.82) is 0 Å². The zero-order chi connectivity index (χ0) is 11.0. The van der Waals surface area contributed by atoms with Crippen molar-refractivity contribution in [3.8, 4) is 11.5 Å². The second-order valence-corrected chi connectivity index (χ2v) is 4.07. The van der Waals surface area contributed by atoms with Crippen LogP contribution in [0.15, 0.2) is 18.3 Å². The van der Waals surface area contributed by atoms with Gasteiger partial charge in [-0.2, -0.15) is 5.10 Å². The summed E-state index contributed by atoms with van der Waals surface area (Å²) in [4.78, 5) is 8.73. The van der Waals surface area contributed by atoms with E-state index in [1.807, 2.05) is 12.1 Å². The highest BCUT2D eigenvalue weighted by Gasteiger charge is 2.27. The minimum atomic E-state index is 0.509. The molecular weight excluding hydrogens is 202 g/mol. The van der Waals surface area contributed by atoms with Crippen molar-refractivity contribution in [1.82, 2.24) is 20.2 Å². The number of nitrogens with one attached hydrogen (secondary N) is 1. The smallest absolute Gasteiger partial charge is 0.199 e. The second-order valence-electron chi connectivity index (χ2n) is 4.07. The highest BCUT2D eigenvalue weighted by molar-refractivity contribution is 5.48. The summed E-state index contributed by atoms with van der Waals surface area (Å²) in [6.45, 7) is 0.509. The summed E-state index contributed by atoms with van der Waals surface area (Å²) in [6, 6.07) is 3.86. The van der Waals surface area contributed by atoms with Gasteiger partial charge in [-0.15, -0.1) is 0 Å². The Kier molecular flexibility index (Phi) is 2.18. The van der Waals surface area contributed by atoms with Crippen molar-refractivity contribution in [2.24, 2.45) is 5.73 Å². The van der Waals surface area contributed by atoms with E-state index in [4.69, 9.17) is 5.73 Å². The first kappa shape index (κ1) is 9.47. The van der Waals surface area contributed by atoms with Gasteiger partial charge in [0, 0.05) is 18.7 Å². The summed E-state index contributed by atoms with van der Waals surface area (Å²) >= 11 is 0. The van der Waals surface area contributed by atoms with E-state index < -0.39 is 0 Å². The topological polar surface area (TPSA) is 80.5 Å². The third-order valence-electron chi connectivity index (χ3n) is 2.76. The summed E-state index contributed by atoms with van der Waals surface area (Å²) in [6.07, 6.45) is 4.20. The average molecular weight is 215 g/mol. The van der Waals surface area contributed by atoms with Crippen molar-refractivity contribution in [2.45, 2.75) is 25.3 Å². The molecule has 0 spiro atoms. The summed E-state index contributed by atoms with van der Waals surface area (Å²) in [7, 11) is 0. The third kappa shape index (κ3) is 1.69. The molecular formula is C11H13N5. The van der Waals surface area contributed by atoms with E-state index in [2.05, 4.69) is 20.2 Å². The molecule has 1 saturated carbocycles. The van der Waals surface area contributed by atoms with Crippen LogP contribution in [-0.2, 0) is 6.54 Å². The molecule has 2 heterocycles. The first-order valence-electron chi connectivity index (χ1n) is 5.44. The van der Waals surface area contributed by atoms with Gasteiger partial charge in [-0.3, -0.25) is 10.1 Å². The van der Waals surface area contributed by atoms with Gasteiger partial charge in [-0.1, -0.05) is 6.07 Å². The van der Waals surface area contributed by atoms with Crippen LogP contribution >= 0.6 is 0 Å². The number of nitrogens with zero attached hydrogens (tertiary/aromatic N) is 3. The monoisotopic (exact) mass is 215 g/mol. The number of rotatable bonds is 3. The number of aromatic nitrogens is 4. The van der Waals surface area contributed by atoms with Gasteiger partial charge in [0.25, 0.3) is 0 Å². The van der Waals surface area contributed by atoms with E-state index in [9.17, 15) is 0 Å². The normalized spacial score (nSPS) is 15.3. The molecule has 5 nitrogen and oxygen atoms in total. The van der Waals surface area contributed by atoms with Crippen LogP contribution in [0.5, 0.6) is 0 Å². The van der Waals surface area contributed by atoms with Crippen LogP contribution in [0.2, 0.25) is 0 Å². The molecule has 82 valence electrons. The molecule has 1 fully saturated rings. The van der Waals surface area contributed by atoms with Crippen molar-refractivity contribution < 1.29 is 0 Å². The van der Waals surface area contributed by atoms with Gasteiger partial charge >= 0.3 is 0 Å². The largest absolute Gasteiger partial charge is 0.326 e. The zero-order valence-electron chi connectivity index (χ0n) is 8.85. The molecule has 0 amide bonds. The minimum Gasteiger partial charge on any atom is -0.326 e. The van der Waals surface area contributed by atoms with E-state index in [0.717, 1.165) is 17.1 Å². The lowest BCUT2D eigenvalue weighted by atomic mass is 10.2. The van der Waals surface area contributed by atoms with Crippen LogP contribution in [0.4, 0.5) is 0 Å². The molecule has 0 saturated heterocycles. The molecule has 0 aromatic carbocycles. The van der Waals surface area contributed by atoms with E-state index in [1.54, 1.807) is 6.20 Å². The van der Waals surface area contributed by atoms with Crippen LogP contribution in [0.3, 0.4) is 0 Å². The molecule has 16 heavy (non-hydrogen) atoms. The van der Waals surface area contributed by atoms with Gasteiger partial charge in [0.05, 0.1) is 0 Å². The lowest BCUT2D eigenvalue weighted by molar-refractivity contribution is 0.935. The fraction of sp³-hybridized carbons (Fsp3) is 0.364. The first-order chi connectivity index (χ1) is 7.86. The Labute approximate surface area is 93.1 Å². The molecule has 2 aromatic rings. The van der Waals surface area contributed by atoms with Gasteiger partial charge in [-0.05, 0) is 24.5 Å². The van der Waals surface area contributed by atoms with Crippen LogP contribution in [0.1, 0.15) is 30.1 Å². The van der Waals surface area contributed by atoms with Crippen LogP contribution < -0.4 is 5.73 Å². The zero-order valence-corrected chi connectivity index (χ0v) is 8.85. The standard InChI is InChI=1S/C11H13N5/c12-5-7-1-4-9(13-6-7)11-14-10(15-16-11)8-2-3-8/h1,4,6,8H,2-3,5,12H2,(H,14,15,16). The Morgan fingerprint density at radius 1 is 1.38 bits per heavy atom. The fourth-order valence-electron chi connectivity index (χ4n) is 1.61. The van der Waals surface area contributed by atoms with Crippen molar-refractivity contribution in [3.63, 3.8) is 0 Å². The Morgan fingerprint density at radius 2 is 2.25 bits per heavy atom. The maximum Gasteiger partial charge on any atom is 0.199 e. The highest BCUT2D eigenvalue weighted by atomic mass is 15.2. The molecule has 0 unspecified atom stereocenters. The van der Waals surface area contributed by atoms with Gasteiger partial charge in [0.2, 0.25) is 0 Å². The highest BCUT2D eigenvalue weighted by Crippen LogP contribution is 2.38. The molecule has 5 heteroatoms. The Morgan fingerprint density at radius 3 is 2.88 bits per heavy atom. The third-order valence-corrected chi connectivity index (χ3v) is 2.76. The van der Waals surface area contributed by atoms with Crippen LogP contribution in [0, 0.1) is 0 Å². The lowest BCUT2D eigenvalue weighted by Crippen LogP contribution is -1.97. The number of H-pyrrole nitrogens is 1. The minimum absolute atomic E-state index is 0.509. The molecule has 3 N–H and O–H groups in total. The second kappa shape index (κ2) is 3.68. The van der Waals surface area contributed by atoms with Crippen molar-refractivity contribution >= 4 is 0 Å². The number of hydrogen-bond donors (Lipinski definition) is 2. The summed E-state index contributed by atoms with van der Waals surface area (Å²) in [5.74, 6) is 2.25. The van der Waals surface area contributed by atoms with E-state index in [-0.39, 0.29) is 0 Å². The maximum atomic E-state index is 5.51. The number of pyridine rings is 1. The molecule has 1 aliphatic rings. The number of hydrogen-bond acceptors (Lipinski definition) is 4. The predicted octanol–water partition coefficient (Wildman–Crippen LogP) is 1.20. The predicted molar refractivity (Wildman–Crippen MR) is 59.5 cm³/mol. The Hall–Kier alpha value is -1.75. The van der Waals surface area contributed by atoms with Crippen LogP contribution in [-0.4, -0.2) is 20.2 Å². The van der Waals surface area contributed by atoms with E-state index in [1.165, 1.54) is 12.8 Å². The Bertz CT molecular complexity index is 483. The molecule has 0 radical (unpaired) electrons. The van der Waals surface area contributed by atoms with Crippen molar-refractivity contribution in [2.75, 3.05) is 0 Å². The molecule has 3 rings (SSSR count). The van der Waals surface area contributed by atoms with Gasteiger partial charge in [0.1, 0.15) is 11.5 Å². The number of nitrogens with two attached hydrogens (primary N) is 1. The maximum absolute atomic E-state index is 5.51. The van der Waals surface area contributed by atoms with Gasteiger partial charge in [-0.25, -0.2) is 4.98 Å². The van der Waals surface area contributed by atoms with Crippen LogP contribution in [0.25, 0.3) is 11.5 Å². The molecule has 0 bridgehead atoms. The molecule has 1 aliphatic carbocycles. The van der Waals surface area contributed by atoms with Gasteiger partial charge < -0.3 is 5.73 Å². The lowest BCUT2D eigenvalue weighted by Gasteiger charge is -1.96. The van der Waals surface area contributed by atoms with Crippen molar-refractivity contribution in [3.05, 3.63) is 29.7 Å². The Balaban J connectivity index is 1.88. The average Bonchev–Trinajstić information content (AvgIpc) is 3.08. The summed E-state index contributed by atoms with van der Waals surface area (Å²) < 4.78 is 0. The quantitative estimate of drug-likeness (QED) is 0.806. The van der Waals surface area contributed by atoms with E-state index >= 15 is 0 Å². The molecule has 0 atom stereocenters.